The highest BCUT2D eigenvalue weighted by Crippen LogP contribution is 2.35. The molecular formula is C32H43N3O8. The monoisotopic (exact) mass is 597 g/mol. The summed E-state index contributed by atoms with van der Waals surface area (Å²) < 4.78 is 23.0. The number of benzene rings is 2. The molecule has 11 nitrogen and oxygen atoms in total. The Hall–Kier alpha value is -3.83. The number of hydrogen-bond acceptors (Lipinski definition) is 7. The number of urea groups is 1. The van der Waals surface area contributed by atoms with Crippen LogP contribution in [0.5, 0.6) is 5.75 Å². The first-order valence-electron chi connectivity index (χ1n) is 15.0. The van der Waals surface area contributed by atoms with Gasteiger partial charge in [0.2, 0.25) is 5.79 Å². The molecule has 2 heterocycles. The molecule has 0 radical (unpaired) electrons. The summed E-state index contributed by atoms with van der Waals surface area (Å²) in [6, 6.07) is 12.9. The Bertz CT molecular complexity index is 1250. The number of amides is 3. The van der Waals surface area contributed by atoms with Crippen molar-refractivity contribution in [3.8, 4) is 5.75 Å². The van der Waals surface area contributed by atoms with Crippen LogP contribution in [0.1, 0.15) is 75.2 Å². The molecule has 0 aliphatic carbocycles. The summed E-state index contributed by atoms with van der Waals surface area (Å²) in [4.78, 5) is 36.5. The second kappa shape index (κ2) is 15.6. The number of aryl methyl sites for hydroxylation is 1. The molecule has 11 heteroatoms. The van der Waals surface area contributed by atoms with Crippen molar-refractivity contribution in [3.05, 3.63) is 59.2 Å². The number of carboxylic acids is 1. The number of ether oxygens (including phenoxy) is 4. The number of nitrogens with zero attached hydrogens (tertiary/aromatic N) is 1. The molecule has 3 N–H and O–H groups in total. The number of cyclic esters (lactones) is 1. The molecule has 1 atom stereocenters. The van der Waals surface area contributed by atoms with Gasteiger partial charge in [-0.05, 0) is 67.5 Å². The minimum Gasteiger partial charge on any atom is -0.480 e. The maximum absolute atomic E-state index is 12.4. The van der Waals surface area contributed by atoms with Crippen molar-refractivity contribution < 1.29 is 38.4 Å². The second-order valence-corrected chi connectivity index (χ2v) is 11.4. The SMILES string of the molecule is CC1(C)OCc2cc([C@@H]3CN(CCCCCCOCCCCc4cccc(NC(=O)NCC(=O)O)c4)C(=O)O3)ccc2O1. The number of anilines is 1. The van der Waals surface area contributed by atoms with Crippen LogP contribution in [-0.4, -0.2) is 66.7 Å². The van der Waals surface area contributed by atoms with E-state index in [4.69, 9.17) is 24.1 Å². The zero-order chi connectivity index (χ0) is 30.7. The molecule has 4 rings (SSSR count). The summed E-state index contributed by atoms with van der Waals surface area (Å²) in [7, 11) is 0. The molecule has 2 aliphatic heterocycles. The van der Waals surface area contributed by atoms with E-state index in [2.05, 4.69) is 10.6 Å². The molecule has 1 fully saturated rings. The molecular weight excluding hydrogens is 554 g/mol. The highest BCUT2D eigenvalue weighted by molar-refractivity contribution is 5.91. The quantitative estimate of drug-likeness (QED) is 0.212. The van der Waals surface area contributed by atoms with Gasteiger partial charge >= 0.3 is 18.1 Å². The molecule has 0 bridgehead atoms. The average molecular weight is 598 g/mol. The number of fused-ring (bicyclic) bond motifs is 1. The summed E-state index contributed by atoms with van der Waals surface area (Å²) >= 11 is 0. The van der Waals surface area contributed by atoms with Gasteiger partial charge in [0.1, 0.15) is 18.4 Å². The number of nitrogens with one attached hydrogen (secondary N) is 2. The topological polar surface area (TPSA) is 136 Å². The Labute approximate surface area is 252 Å². The molecule has 43 heavy (non-hydrogen) atoms. The fourth-order valence-corrected chi connectivity index (χ4v) is 5.05. The smallest absolute Gasteiger partial charge is 0.410 e. The van der Waals surface area contributed by atoms with Crippen LogP contribution in [-0.2, 0) is 32.0 Å². The van der Waals surface area contributed by atoms with Gasteiger partial charge in [-0.1, -0.05) is 31.0 Å². The fraction of sp³-hybridized carbons (Fsp3) is 0.531. The van der Waals surface area contributed by atoms with Gasteiger partial charge in [0, 0.05) is 44.9 Å². The molecule has 0 unspecified atom stereocenters. The van der Waals surface area contributed by atoms with E-state index in [9.17, 15) is 14.4 Å². The van der Waals surface area contributed by atoms with Crippen LogP contribution in [0, 0.1) is 0 Å². The average Bonchev–Trinajstić information content (AvgIpc) is 3.34. The first-order chi connectivity index (χ1) is 20.7. The summed E-state index contributed by atoms with van der Waals surface area (Å²) in [6.07, 6.45) is 6.22. The van der Waals surface area contributed by atoms with Crippen molar-refractivity contribution in [1.29, 1.82) is 0 Å². The Kier molecular flexibility index (Phi) is 11.6. The summed E-state index contributed by atoms with van der Waals surface area (Å²) in [5, 5.41) is 13.6. The lowest BCUT2D eigenvalue weighted by atomic mass is 10.0. The van der Waals surface area contributed by atoms with E-state index in [1.165, 1.54) is 0 Å². The summed E-state index contributed by atoms with van der Waals surface area (Å²) in [6.45, 7) is 6.49. The van der Waals surface area contributed by atoms with E-state index in [1.807, 2.05) is 50.2 Å². The number of carbonyl (C=O) groups excluding carboxylic acids is 2. The molecule has 2 aromatic rings. The molecule has 0 saturated carbocycles. The lowest BCUT2D eigenvalue weighted by molar-refractivity contribution is -0.180. The van der Waals surface area contributed by atoms with Gasteiger partial charge in [0.25, 0.3) is 0 Å². The van der Waals surface area contributed by atoms with Gasteiger partial charge in [-0.3, -0.25) is 4.79 Å². The molecule has 0 aromatic heterocycles. The first kappa shape index (κ1) is 32.1. The van der Waals surface area contributed by atoms with Crippen LogP contribution in [0.25, 0.3) is 0 Å². The lowest BCUT2D eigenvalue weighted by Crippen LogP contribution is -2.35. The van der Waals surface area contributed by atoms with Gasteiger partial charge in [0.05, 0.1) is 13.2 Å². The summed E-state index contributed by atoms with van der Waals surface area (Å²) in [5.41, 5.74) is 3.65. The molecule has 0 spiro atoms. The Morgan fingerprint density at radius 1 is 1.05 bits per heavy atom. The largest absolute Gasteiger partial charge is 0.480 e. The third kappa shape index (κ3) is 10.4. The number of unbranched alkanes of at least 4 members (excludes halogenated alkanes) is 4. The van der Waals surface area contributed by atoms with E-state index in [0.717, 1.165) is 74.0 Å². The normalized spacial score (nSPS) is 17.1. The standard InChI is InChI=1S/C32H43N3O8/c1-32(2)41-22-25-19-24(13-14-27(25)43-32)28-21-35(31(39)42-28)15-6-3-4-7-16-40-17-8-5-10-23-11-9-12-26(18-23)34-30(38)33-20-29(36)37/h9,11-14,18-19,28H,3-8,10,15-17,20-22H2,1-2H3,(H,36,37)(H2,33,34,38)/t28-/m0/s1. The molecule has 2 aliphatic rings. The third-order valence-electron chi connectivity index (χ3n) is 7.33. The van der Waals surface area contributed by atoms with Crippen LogP contribution in [0.3, 0.4) is 0 Å². The number of carboxylic acid groups (broad SMARTS) is 1. The predicted molar refractivity (Wildman–Crippen MR) is 160 cm³/mol. The molecule has 3 amide bonds. The predicted octanol–water partition coefficient (Wildman–Crippen LogP) is 5.63. The molecule has 2 aromatic carbocycles. The zero-order valence-corrected chi connectivity index (χ0v) is 25.1. The van der Waals surface area contributed by atoms with E-state index in [1.54, 1.807) is 11.0 Å². The lowest BCUT2D eigenvalue weighted by Gasteiger charge is -2.32. The first-order valence-corrected chi connectivity index (χ1v) is 15.0. The Balaban J connectivity index is 1.02. The van der Waals surface area contributed by atoms with E-state index in [-0.39, 0.29) is 12.2 Å². The molecule has 234 valence electrons. The van der Waals surface area contributed by atoms with Crippen molar-refractivity contribution in [1.82, 2.24) is 10.2 Å². The second-order valence-electron chi connectivity index (χ2n) is 11.4. The van der Waals surface area contributed by atoms with E-state index in [0.29, 0.717) is 32.0 Å². The van der Waals surface area contributed by atoms with Crippen LogP contribution < -0.4 is 15.4 Å². The maximum Gasteiger partial charge on any atom is 0.410 e. The highest BCUT2D eigenvalue weighted by atomic mass is 16.7. The van der Waals surface area contributed by atoms with Gasteiger partial charge < -0.3 is 39.6 Å². The number of hydrogen-bond donors (Lipinski definition) is 3. The van der Waals surface area contributed by atoms with Crippen molar-refractivity contribution in [2.75, 3.05) is 38.2 Å². The zero-order valence-electron chi connectivity index (χ0n) is 25.1. The Morgan fingerprint density at radius 3 is 2.65 bits per heavy atom. The van der Waals surface area contributed by atoms with Crippen LogP contribution >= 0.6 is 0 Å². The van der Waals surface area contributed by atoms with Crippen molar-refractivity contribution in [2.45, 2.75) is 77.3 Å². The number of aliphatic carboxylic acids is 1. The van der Waals surface area contributed by atoms with E-state index < -0.39 is 24.3 Å². The van der Waals surface area contributed by atoms with Gasteiger partial charge in [-0.2, -0.15) is 0 Å². The highest BCUT2D eigenvalue weighted by Gasteiger charge is 2.33. The van der Waals surface area contributed by atoms with Gasteiger partial charge in [0.15, 0.2) is 0 Å². The van der Waals surface area contributed by atoms with Crippen molar-refractivity contribution >= 4 is 23.8 Å². The number of carbonyl (C=O) groups is 3. The van der Waals surface area contributed by atoms with Crippen molar-refractivity contribution in [2.24, 2.45) is 0 Å². The summed E-state index contributed by atoms with van der Waals surface area (Å²) in [5.74, 6) is -0.919. The van der Waals surface area contributed by atoms with Crippen molar-refractivity contribution in [3.63, 3.8) is 0 Å². The molecule has 1 saturated heterocycles. The van der Waals surface area contributed by atoms with Gasteiger partial charge in [-0.15, -0.1) is 0 Å². The minimum atomic E-state index is -1.09. The van der Waals surface area contributed by atoms with Gasteiger partial charge in [-0.25, -0.2) is 9.59 Å². The van der Waals surface area contributed by atoms with Crippen LogP contribution in [0.4, 0.5) is 15.3 Å². The Morgan fingerprint density at radius 2 is 1.84 bits per heavy atom. The van der Waals surface area contributed by atoms with Crippen LogP contribution in [0.15, 0.2) is 42.5 Å². The van der Waals surface area contributed by atoms with Crippen LogP contribution in [0.2, 0.25) is 0 Å². The number of rotatable bonds is 16. The fourth-order valence-electron chi connectivity index (χ4n) is 5.05. The minimum absolute atomic E-state index is 0.260. The maximum atomic E-state index is 12.4. The third-order valence-corrected chi connectivity index (χ3v) is 7.33. The van der Waals surface area contributed by atoms with E-state index >= 15 is 0 Å².